The van der Waals surface area contributed by atoms with Gasteiger partial charge in [0.05, 0.1) is 6.54 Å². The number of esters is 1. The van der Waals surface area contributed by atoms with E-state index >= 15 is 0 Å². The Balaban J connectivity index is 2.04. The predicted molar refractivity (Wildman–Crippen MR) is 102 cm³/mol. The molecule has 0 aromatic rings. The zero-order chi connectivity index (χ0) is 19.5. The van der Waals surface area contributed by atoms with Crippen LogP contribution in [0.15, 0.2) is 12.2 Å². The molecule has 26 heavy (non-hydrogen) atoms. The highest BCUT2D eigenvalue weighted by Crippen LogP contribution is 2.39. The summed E-state index contributed by atoms with van der Waals surface area (Å²) in [5, 5.41) is 2.72. The van der Waals surface area contributed by atoms with E-state index in [2.05, 4.69) is 11.9 Å². The number of rotatable bonds is 12. The van der Waals surface area contributed by atoms with Gasteiger partial charge in [-0.25, -0.2) is 9.59 Å². The van der Waals surface area contributed by atoms with Crippen molar-refractivity contribution in [2.75, 3.05) is 26.7 Å². The first-order valence-electron chi connectivity index (χ1n) is 9.71. The minimum absolute atomic E-state index is 0.143. The van der Waals surface area contributed by atoms with Crippen LogP contribution in [0.3, 0.4) is 0 Å². The van der Waals surface area contributed by atoms with E-state index in [1.165, 1.54) is 6.42 Å². The van der Waals surface area contributed by atoms with E-state index in [9.17, 15) is 14.4 Å². The fraction of sp³-hybridized carbons (Fsp3) is 0.750. The first-order valence-corrected chi connectivity index (χ1v) is 9.71. The highest BCUT2D eigenvalue weighted by Gasteiger charge is 2.34. The molecule has 1 rings (SSSR count). The maximum Gasteiger partial charge on any atom is 0.333 e. The van der Waals surface area contributed by atoms with Gasteiger partial charge >= 0.3 is 12.0 Å². The van der Waals surface area contributed by atoms with Gasteiger partial charge < -0.3 is 15.0 Å². The fourth-order valence-corrected chi connectivity index (χ4v) is 3.19. The molecule has 2 atom stereocenters. The Kier molecular flexibility index (Phi) is 9.99. The molecular formula is C20H34N2O4. The van der Waals surface area contributed by atoms with E-state index in [-0.39, 0.29) is 19.2 Å². The van der Waals surface area contributed by atoms with Gasteiger partial charge in [-0.3, -0.25) is 4.79 Å². The summed E-state index contributed by atoms with van der Waals surface area (Å²) in [6.07, 6.45) is 7.18. The van der Waals surface area contributed by atoms with Crippen LogP contribution in [-0.4, -0.2) is 49.4 Å². The molecule has 1 fully saturated rings. The van der Waals surface area contributed by atoms with Crippen molar-refractivity contribution < 1.29 is 19.1 Å². The Hall–Kier alpha value is -1.85. The van der Waals surface area contributed by atoms with Gasteiger partial charge in [-0.15, -0.1) is 0 Å². The molecule has 2 unspecified atom stereocenters. The number of nitrogens with one attached hydrogen (secondary N) is 1. The largest absolute Gasteiger partial charge is 0.460 e. The van der Waals surface area contributed by atoms with Gasteiger partial charge in [0.25, 0.3) is 0 Å². The molecule has 148 valence electrons. The molecule has 0 spiro atoms. The van der Waals surface area contributed by atoms with E-state index in [0.29, 0.717) is 36.2 Å². The molecule has 0 heterocycles. The highest BCUT2D eigenvalue weighted by molar-refractivity contribution is 5.86. The zero-order valence-corrected chi connectivity index (χ0v) is 16.5. The molecule has 0 aromatic carbocycles. The molecule has 0 saturated heterocycles. The lowest BCUT2D eigenvalue weighted by molar-refractivity contribution is -0.138. The lowest BCUT2D eigenvalue weighted by Crippen LogP contribution is -2.39. The second kappa shape index (κ2) is 11.7. The fourth-order valence-electron chi connectivity index (χ4n) is 3.19. The van der Waals surface area contributed by atoms with Gasteiger partial charge in [-0.2, -0.15) is 0 Å². The number of amides is 2. The SMILES string of the molecule is C=C(C)C(=O)OCCNC(=O)N(C)CCCCCC1CCC1C(=O)CC. The normalized spacial score (nSPS) is 18.6. The number of ether oxygens (including phenoxy) is 1. The van der Waals surface area contributed by atoms with Crippen molar-refractivity contribution in [3.05, 3.63) is 12.2 Å². The van der Waals surface area contributed by atoms with Crippen molar-refractivity contribution in [1.29, 1.82) is 0 Å². The first kappa shape index (κ1) is 22.2. The number of urea groups is 1. The Morgan fingerprint density at radius 2 is 1.92 bits per heavy atom. The van der Waals surface area contributed by atoms with Gasteiger partial charge in [0.15, 0.2) is 0 Å². The molecule has 2 amide bonds. The second-order valence-corrected chi connectivity index (χ2v) is 7.18. The van der Waals surface area contributed by atoms with Crippen LogP contribution in [0.5, 0.6) is 0 Å². The lowest BCUT2D eigenvalue weighted by Gasteiger charge is -2.35. The van der Waals surface area contributed by atoms with E-state index in [1.54, 1.807) is 18.9 Å². The minimum Gasteiger partial charge on any atom is -0.460 e. The topological polar surface area (TPSA) is 75.7 Å². The molecule has 6 nitrogen and oxygen atoms in total. The van der Waals surface area contributed by atoms with Crippen LogP contribution in [0.4, 0.5) is 4.79 Å². The van der Waals surface area contributed by atoms with E-state index in [1.807, 2.05) is 6.92 Å². The number of hydrogen-bond acceptors (Lipinski definition) is 4. The molecular weight excluding hydrogens is 332 g/mol. The van der Waals surface area contributed by atoms with Crippen molar-refractivity contribution in [3.63, 3.8) is 0 Å². The number of Topliss-reactive ketones (excluding diaryl/α,β-unsaturated/α-hetero) is 1. The lowest BCUT2D eigenvalue weighted by atomic mass is 9.68. The summed E-state index contributed by atoms with van der Waals surface area (Å²) < 4.78 is 4.92. The van der Waals surface area contributed by atoms with Gasteiger partial charge in [0.1, 0.15) is 12.4 Å². The van der Waals surface area contributed by atoms with Crippen LogP contribution < -0.4 is 5.32 Å². The molecule has 0 radical (unpaired) electrons. The highest BCUT2D eigenvalue weighted by atomic mass is 16.5. The quantitative estimate of drug-likeness (QED) is 0.327. The number of unbranched alkanes of at least 4 members (excludes halogenated alkanes) is 2. The predicted octanol–water partition coefficient (Wildman–Crippen LogP) is 3.31. The Labute approximate surface area is 157 Å². The van der Waals surface area contributed by atoms with Crippen LogP contribution in [-0.2, 0) is 14.3 Å². The average molecular weight is 367 g/mol. The van der Waals surface area contributed by atoms with Crippen molar-refractivity contribution in [1.82, 2.24) is 10.2 Å². The van der Waals surface area contributed by atoms with Gasteiger partial charge in [0.2, 0.25) is 0 Å². The molecule has 0 bridgehead atoms. The third kappa shape index (κ3) is 7.58. The van der Waals surface area contributed by atoms with Crippen LogP contribution in [0.2, 0.25) is 0 Å². The number of hydrogen-bond donors (Lipinski definition) is 1. The summed E-state index contributed by atoms with van der Waals surface area (Å²) in [6.45, 7) is 8.15. The Morgan fingerprint density at radius 1 is 1.19 bits per heavy atom. The third-order valence-corrected chi connectivity index (χ3v) is 5.05. The molecule has 1 aliphatic carbocycles. The van der Waals surface area contributed by atoms with Gasteiger partial charge in [-0.1, -0.05) is 26.3 Å². The Morgan fingerprint density at radius 3 is 2.50 bits per heavy atom. The van der Waals surface area contributed by atoms with E-state index in [0.717, 1.165) is 32.1 Å². The van der Waals surface area contributed by atoms with Crippen LogP contribution in [0.25, 0.3) is 0 Å². The summed E-state index contributed by atoms with van der Waals surface area (Å²) in [5.41, 5.74) is 0.348. The van der Waals surface area contributed by atoms with Crippen molar-refractivity contribution in [2.24, 2.45) is 11.8 Å². The number of ketones is 1. The summed E-state index contributed by atoms with van der Waals surface area (Å²) >= 11 is 0. The van der Waals surface area contributed by atoms with Gasteiger partial charge in [-0.05, 0) is 38.5 Å². The molecule has 0 aliphatic heterocycles. The molecule has 1 aliphatic rings. The van der Waals surface area contributed by atoms with Crippen molar-refractivity contribution in [2.45, 2.75) is 58.8 Å². The minimum atomic E-state index is -0.443. The molecule has 1 N–H and O–H groups in total. The summed E-state index contributed by atoms with van der Waals surface area (Å²) in [5.74, 6) is 0.881. The monoisotopic (exact) mass is 366 g/mol. The standard InChI is InChI=1S/C20H34N2O4/c1-5-18(23)17-11-10-16(17)9-7-6-8-13-22(4)20(25)21-12-14-26-19(24)15(2)3/h16-17H,2,5-14H2,1,3-4H3,(H,21,25). The number of carbonyl (C=O) groups excluding carboxylic acids is 3. The summed E-state index contributed by atoms with van der Waals surface area (Å²) in [7, 11) is 1.76. The molecule has 0 aromatic heterocycles. The van der Waals surface area contributed by atoms with Crippen LogP contribution in [0, 0.1) is 11.8 Å². The summed E-state index contributed by atoms with van der Waals surface area (Å²) in [4.78, 5) is 36.5. The summed E-state index contributed by atoms with van der Waals surface area (Å²) in [6, 6.07) is -0.163. The zero-order valence-electron chi connectivity index (χ0n) is 16.5. The third-order valence-electron chi connectivity index (χ3n) is 5.05. The van der Waals surface area contributed by atoms with E-state index < -0.39 is 5.97 Å². The van der Waals surface area contributed by atoms with E-state index in [4.69, 9.17) is 4.74 Å². The maximum atomic E-state index is 11.9. The number of carbonyl (C=O) groups is 3. The van der Waals surface area contributed by atoms with Crippen molar-refractivity contribution in [3.8, 4) is 0 Å². The molecule has 6 heteroatoms. The van der Waals surface area contributed by atoms with Crippen LogP contribution in [0.1, 0.15) is 58.8 Å². The molecule has 1 saturated carbocycles. The average Bonchev–Trinajstić information content (AvgIpc) is 2.59. The maximum absolute atomic E-state index is 11.9. The first-order chi connectivity index (χ1) is 12.4. The Bertz CT molecular complexity index is 504. The second-order valence-electron chi connectivity index (χ2n) is 7.18. The van der Waals surface area contributed by atoms with Crippen molar-refractivity contribution >= 4 is 17.8 Å². The van der Waals surface area contributed by atoms with Gasteiger partial charge in [0, 0.05) is 31.5 Å². The van der Waals surface area contributed by atoms with Crippen LogP contribution >= 0.6 is 0 Å². The smallest absolute Gasteiger partial charge is 0.333 e. The number of nitrogens with zero attached hydrogens (tertiary/aromatic N) is 1.